The SMILES string of the molecule is Cc1ccc(N2C(=O)N(CC(=O)Nc3nccs3)c3ccccc3S2(=O)=O)c(C)c1. The zero-order valence-corrected chi connectivity index (χ0v) is 17.8. The van der Waals surface area contributed by atoms with Crippen LogP contribution in [0.1, 0.15) is 11.1 Å². The molecule has 0 saturated heterocycles. The standard InChI is InChI=1S/C20H18N4O4S2/c1-13-7-8-15(14(2)11-13)24-20(26)23(12-18(25)22-19-21-9-10-29-19)16-5-3-4-6-17(16)30(24,27)28/h3-11H,12H2,1-2H3,(H,21,22,25). The molecular formula is C20H18N4O4S2. The molecule has 3 amide bonds. The molecule has 2 aromatic carbocycles. The fourth-order valence-electron chi connectivity index (χ4n) is 3.32. The number of para-hydroxylation sites is 1. The van der Waals surface area contributed by atoms with Crippen LogP contribution in [0.3, 0.4) is 0 Å². The van der Waals surface area contributed by atoms with Gasteiger partial charge in [-0.15, -0.1) is 11.3 Å². The first-order chi connectivity index (χ1) is 14.3. The van der Waals surface area contributed by atoms with Crippen molar-refractivity contribution in [3.8, 4) is 0 Å². The van der Waals surface area contributed by atoms with E-state index in [1.54, 1.807) is 48.8 Å². The molecule has 1 N–H and O–H groups in total. The molecule has 0 fully saturated rings. The molecule has 0 spiro atoms. The molecule has 4 rings (SSSR count). The minimum atomic E-state index is -4.14. The van der Waals surface area contributed by atoms with Gasteiger partial charge in [-0.3, -0.25) is 9.69 Å². The van der Waals surface area contributed by atoms with Crippen LogP contribution in [0.15, 0.2) is 58.9 Å². The fourth-order valence-corrected chi connectivity index (χ4v) is 5.52. The normalized spacial score (nSPS) is 15.1. The van der Waals surface area contributed by atoms with E-state index in [0.29, 0.717) is 10.7 Å². The number of aromatic nitrogens is 1. The predicted molar refractivity (Wildman–Crippen MR) is 116 cm³/mol. The number of carbonyl (C=O) groups is 2. The average molecular weight is 443 g/mol. The topological polar surface area (TPSA) is 99.7 Å². The average Bonchev–Trinajstić information content (AvgIpc) is 3.20. The summed E-state index contributed by atoms with van der Waals surface area (Å²) >= 11 is 1.25. The number of fused-ring (bicyclic) bond motifs is 1. The van der Waals surface area contributed by atoms with Gasteiger partial charge in [-0.25, -0.2) is 18.2 Å². The van der Waals surface area contributed by atoms with Gasteiger partial charge in [0, 0.05) is 11.6 Å². The van der Waals surface area contributed by atoms with Crippen LogP contribution in [-0.2, 0) is 14.8 Å². The third kappa shape index (κ3) is 3.44. The van der Waals surface area contributed by atoms with Gasteiger partial charge in [-0.2, -0.15) is 4.31 Å². The number of sulfonamides is 1. The third-order valence-electron chi connectivity index (χ3n) is 4.63. The molecule has 3 aromatic rings. The summed E-state index contributed by atoms with van der Waals surface area (Å²) in [7, 11) is -4.14. The number of hydrogen-bond acceptors (Lipinski definition) is 6. The highest BCUT2D eigenvalue weighted by molar-refractivity contribution is 7.94. The van der Waals surface area contributed by atoms with Crippen molar-refractivity contribution >= 4 is 49.8 Å². The lowest BCUT2D eigenvalue weighted by atomic mass is 10.1. The molecule has 8 nitrogen and oxygen atoms in total. The van der Waals surface area contributed by atoms with E-state index < -0.39 is 22.0 Å². The van der Waals surface area contributed by atoms with Crippen molar-refractivity contribution < 1.29 is 18.0 Å². The number of aryl methyl sites for hydroxylation is 2. The monoisotopic (exact) mass is 442 g/mol. The maximum atomic E-state index is 13.4. The number of benzene rings is 2. The van der Waals surface area contributed by atoms with E-state index in [-0.39, 0.29) is 22.8 Å². The Morgan fingerprint density at radius 2 is 1.90 bits per heavy atom. The van der Waals surface area contributed by atoms with Gasteiger partial charge in [-0.05, 0) is 37.6 Å². The molecular weight excluding hydrogens is 424 g/mol. The Labute approximate surface area is 177 Å². The summed E-state index contributed by atoms with van der Waals surface area (Å²) in [5, 5.41) is 4.73. The number of anilines is 3. The van der Waals surface area contributed by atoms with Crippen LogP contribution in [0.25, 0.3) is 0 Å². The number of thiazole rings is 1. The number of hydrogen-bond donors (Lipinski definition) is 1. The largest absolute Gasteiger partial charge is 0.343 e. The molecule has 10 heteroatoms. The highest BCUT2D eigenvalue weighted by Gasteiger charge is 2.43. The quantitative estimate of drug-likeness (QED) is 0.666. The molecule has 154 valence electrons. The summed E-state index contributed by atoms with van der Waals surface area (Å²) in [5.41, 5.74) is 2.00. The van der Waals surface area contributed by atoms with Crippen LogP contribution in [0, 0.1) is 13.8 Å². The second kappa shape index (κ2) is 7.54. The van der Waals surface area contributed by atoms with Gasteiger partial charge >= 0.3 is 6.03 Å². The van der Waals surface area contributed by atoms with Crippen LogP contribution in [-0.4, -0.2) is 31.9 Å². The van der Waals surface area contributed by atoms with Crippen LogP contribution < -0.4 is 14.5 Å². The molecule has 1 aromatic heterocycles. The van der Waals surface area contributed by atoms with Gasteiger partial charge in [0.15, 0.2) is 5.13 Å². The van der Waals surface area contributed by atoms with E-state index in [1.165, 1.54) is 28.4 Å². The molecule has 1 aliphatic heterocycles. The first-order valence-corrected chi connectivity index (χ1v) is 11.3. The molecule has 2 heterocycles. The molecule has 0 bridgehead atoms. The highest BCUT2D eigenvalue weighted by atomic mass is 32.2. The van der Waals surface area contributed by atoms with Gasteiger partial charge in [0.05, 0.1) is 11.4 Å². The Morgan fingerprint density at radius 1 is 1.13 bits per heavy atom. The molecule has 0 unspecified atom stereocenters. The minimum Gasteiger partial charge on any atom is -0.300 e. The molecule has 0 saturated carbocycles. The molecule has 0 radical (unpaired) electrons. The van der Waals surface area contributed by atoms with Crippen molar-refractivity contribution in [3.63, 3.8) is 0 Å². The lowest BCUT2D eigenvalue weighted by Crippen LogP contribution is -2.53. The number of amides is 3. The summed E-state index contributed by atoms with van der Waals surface area (Å²) in [4.78, 5) is 31.0. The third-order valence-corrected chi connectivity index (χ3v) is 7.05. The molecule has 0 aliphatic carbocycles. The van der Waals surface area contributed by atoms with E-state index >= 15 is 0 Å². The second-order valence-corrected chi connectivity index (χ2v) is 9.43. The fraction of sp³-hybridized carbons (Fsp3) is 0.150. The first kappa shape index (κ1) is 20.0. The van der Waals surface area contributed by atoms with Crippen molar-refractivity contribution in [1.29, 1.82) is 0 Å². The maximum absolute atomic E-state index is 13.4. The molecule has 0 atom stereocenters. The van der Waals surface area contributed by atoms with Crippen molar-refractivity contribution in [1.82, 2.24) is 4.98 Å². The number of carbonyl (C=O) groups excluding carboxylic acids is 2. The summed E-state index contributed by atoms with van der Waals surface area (Å²) in [6, 6.07) is 10.5. The van der Waals surface area contributed by atoms with E-state index in [2.05, 4.69) is 10.3 Å². The highest BCUT2D eigenvalue weighted by Crippen LogP contribution is 2.38. The van der Waals surface area contributed by atoms with E-state index in [0.717, 1.165) is 9.87 Å². The van der Waals surface area contributed by atoms with Crippen LogP contribution in [0.2, 0.25) is 0 Å². The minimum absolute atomic E-state index is 0.0355. The number of nitrogens with one attached hydrogen (secondary N) is 1. The Bertz CT molecular complexity index is 1240. The zero-order valence-electron chi connectivity index (χ0n) is 16.2. The Morgan fingerprint density at radius 3 is 2.60 bits per heavy atom. The van der Waals surface area contributed by atoms with Crippen LogP contribution in [0.5, 0.6) is 0 Å². The molecule has 1 aliphatic rings. The lowest BCUT2D eigenvalue weighted by molar-refractivity contribution is -0.114. The van der Waals surface area contributed by atoms with Gasteiger partial charge < -0.3 is 5.32 Å². The van der Waals surface area contributed by atoms with Crippen molar-refractivity contribution in [3.05, 3.63) is 65.2 Å². The maximum Gasteiger partial charge on any atom is 0.343 e. The number of urea groups is 1. The summed E-state index contributed by atoms with van der Waals surface area (Å²) < 4.78 is 27.4. The predicted octanol–water partition coefficient (Wildman–Crippen LogP) is 3.53. The number of nitrogens with zero attached hydrogens (tertiary/aromatic N) is 3. The Kier molecular flexibility index (Phi) is 5.04. The lowest BCUT2D eigenvalue weighted by Gasteiger charge is -2.36. The van der Waals surface area contributed by atoms with Crippen molar-refractivity contribution in [2.24, 2.45) is 0 Å². The zero-order chi connectivity index (χ0) is 21.5. The number of rotatable bonds is 4. The van der Waals surface area contributed by atoms with Gasteiger partial charge in [0.1, 0.15) is 11.4 Å². The van der Waals surface area contributed by atoms with E-state index in [1.807, 2.05) is 6.92 Å². The Balaban J connectivity index is 1.78. The molecule has 30 heavy (non-hydrogen) atoms. The Hall–Kier alpha value is -3.24. The first-order valence-electron chi connectivity index (χ1n) is 9.01. The van der Waals surface area contributed by atoms with E-state index in [9.17, 15) is 18.0 Å². The van der Waals surface area contributed by atoms with E-state index in [4.69, 9.17) is 0 Å². The summed E-state index contributed by atoms with van der Waals surface area (Å²) in [6.07, 6.45) is 1.55. The van der Waals surface area contributed by atoms with Crippen LogP contribution >= 0.6 is 11.3 Å². The van der Waals surface area contributed by atoms with Crippen molar-refractivity contribution in [2.75, 3.05) is 21.1 Å². The van der Waals surface area contributed by atoms with Crippen LogP contribution in [0.4, 0.5) is 21.3 Å². The van der Waals surface area contributed by atoms with Crippen molar-refractivity contribution in [2.45, 2.75) is 18.7 Å². The van der Waals surface area contributed by atoms with Gasteiger partial charge in [0.2, 0.25) is 5.91 Å². The second-order valence-electron chi connectivity index (χ2n) is 6.78. The summed E-state index contributed by atoms with van der Waals surface area (Å²) in [6.45, 7) is 3.27. The summed E-state index contributed by atoms with van der Waals surface area (Å²) in [5.74, 6) is -0.479. The smallest absolute Gasteiger partial charge is 0.300 e. The van der Waals surface area contributed by atoms with Gasteiger partial charge in [0.25, 0.3) is 10.0 Å². The van der Waals surface area contributed by atoms with Gasteiger partial charge in [-0.1, -0.05) is 29.8 Å².